The van der Waals surface area contributed by atoms with Crippen LogP contribution in [0.2, 0.25) is 0 Å². The van der Waals surface area contributed by atoms with Crippen molar-refractivity contribution >= 4 is 15.7 Å². The molecule has 2 aromatic carbocycles. The second-order valence-electron chi connectivity index (χ2n) is 6.25. The molecule has 138 valence electrons. The first-order valence-electron chi connectivity index (χ1n) is 8.36. The lowest BCUT2D eigenvalue weighted by molar-refractivity contribution is 0.321. The number of benzene rings is 2. The van der Waals surface area contributed by atoms with Crippen molar-refractivity contribution < 1.29 is 22.1 Å². The van der Waals surface area contributed by atoms with E-state index in [4.69, 9.17) is 13.7 Å². The Kier molecular flexibility index (Phi) is 5.34. The number of fused-ring (bicyclic) bond motifs is 1. The maximum atomic E-state index is 12.3. The van der Waals surface area contributed by atoms with Crippen LogP contribution in [-0.2, 0) is 14.3 Å². The van der Waals surface area contributed by atoms with E-state index in [1.807, 2.05) is 32.0 Å². The lowest BCUT2D eigenvalue weighted by Gasteiger charge is -2.23. The fourth-order valence-electron chi connectivity index (χ4n) is 2.88. The average molecular weight is 374 g/mol. The van der Waals surface area contributed by atoms with Crippen LogP contribution in [0.5, 0.6) is 11.5 Å². The van der Waals surface area contributed by atoms with E-state index < -0.39 is 10.1 Å². The van der Waals surface area contributed by atoms with Crippen molar-refractivity contribution in [3.8, 4) is 11.5 Å². The van der Waals surface area contributed by atoms with Gasteiger partial charge < -0.3 is 9.47 Å². The third-order valence-corrected chi connectivity index (χ3v) is 5.70. The minimum Gasteiger partial charge on any atom is -0.497 e. The summed E-state index contributed by atoms with van der Waals surface area (Å²) in [5.74, 6) is 1.50. The van der Waals surface area contributed by atoms with Crippen LogP contribution in [0.1, 0.15) is 24.5 Å². The Morgan fingerprint density at radius 3 is 2.50 bits per heavy atom. The molecule has 0 bridgehead atoms. The fraction of sp³-hybridized carbons (Fsp3) is 0.300. The zero-order valence-corrected chi connectivity index (χ0v) is 15.9. The zero-order chi connectivity index (χ0) is 18.7. The summed E-state index contributed by atoms with van der Waals surface area (Å²) in [6, 6.07) is 12.2. The summed E-state index contributed by atoms with van der Waals surface area (Å²) in [5.41, 5.74) is 4.01. The highest BCUT2D eigenvalue weighted by Crippen LogP contribution is 2.37. The van der Waals surface area contributed by atoms with Gasteiger partial charge in [0, 0.05) is 5.56 Å². The molecule has 0 aromatic heterocycles. The highest BCUT2D eigenvalue weighted by Gasteiger charge is 2.20. The van der Waals surface area contributed by atoms with Crippen molar-refractivity contribution in [3.63, 3.8) is 0 Å². The minimum absolute atomic E-state index is 0.0690. The Labute approximate surface area is 154 Å². The second-order valence-corrected chi connectivity index (χ2v) is 7.86. The average Bonchev–Trinajstić information content (AvgIpc) is 2.63. The van der Waals surface area contributed by atoms with E-state index in [1.165, 1.54) is 0 Å². The van der Waals surface area contributed by atoms with E-state index in [-0.39, 0.29) is 11.5 Å². The van der Waals surface area contributed by atoms with Crippen LogP contribution >= 0.6 is 0 Å². The van der Waals surface area contributed by atoms with E-state index in [1.54, 1.807) is 31.4 Å². The van der Waals surface area contributed by atoms with Gasteiger partial charge in [-0.25, -0.2) is 0 Å². The lowest BCUT2D eigenvalue weighted by Crippen LogP contribution is -2.13. The molecule has 0 spiro atoms. The number of hydrogen-bond donors (Lipinski definition) is 0. The van der Waals surface area contributed by atoms with Gasteiger partial charge in [0.2, 0.25) is 0 Å². The lowest BCUT2D eigenvalue weighted by atomic mass is 9.95. The third-order valence-electron chi connectivity index (χ3n) is 4.37. The van der Waals surface area contributed by atoms with Gasteiger partial charge in [0.1, 0.15) is 18.1 Å². The maximum Gasteiger partial charge on any atom is 0.296 e. The van der Waals surface area contributed by atoms with Crippen molar-refractivity contribution in [1.82, 2.24) is 0 Å². The van der Waals surface area contributed by atoms with Gasteiger partial charge in [-0.2, -0.15) is 8.42 Å². The van der Waals surface area contributed by atoms with E-state index in [9.17, 15) is 8.42 Å². The van der Waals surface area contributed by atoms with Crippen molar-refractivity contribution in [1.29, 1.82) is 0 Å². The van der Waals surface area contributed by atoms with Crippen LogP contribution in [0.25, 0.3) is 5.57 Å². The molecular weight excluding hydrogens is 352 g/mol. The Hall–Kier alpha value is -2.31. The maximum absolute atomic E-state index is 12.3. The van der Waals surface area contributed by atoms with Crippen LogP contribution < -0.4 is 9.47 Å². The second kappa shape index (κ2) is 7.51. The smallest absolute Gasteiger partial charge is 0.296 e. The first-order chi connectivity index (χ1) is 12.4. The Morgan fingerprint density at radius 2 is 1.81 bits per heavy atom. The largest absolute Gasteiger partial charge is 0.497 e. The summed E-state index contributed by atoms with van der Waals surface area (Å²) >= 11 is 0. The summed E-state index contributed by atoms with van der Waals surface area (Å²) in [7, 11) is -2.15. The van der Waals surface area contributed by atoms with E-state index in [0.717, 1.165) is 33.8 Å². The van der Waals surface area contributed by atoms with Crippen LogP contribution in [0.15, 0.2) is 52.9 Å². The van der Waals surface area contributed by atoms with Gasteiger partial charge in [0.05, 0.1) is 18.6 Å². The molecule has 2 aromatic rings. The summed E-state index contributed by atoms with van der Waals surface area (Å²) in [6.07, 6.45) is 0.473. The summed E-state index contributed by atoms with van der Waals surface area (Å²) < 4.78 is 40.9. The molecule has 0 amide bonds. The Bertz CT molecular complexity index is 927. The molecule has 26 heavy (non-hydrogen) atoms. The molecule has 5 nitrogen and oxygen atoms in total. The predicted molar refractivity (Wildman–Crippen MR) is 100 cm³/mol. The van der Waals surface area contributed by atoms with Crippen LogP contribution in [0.4, 0.5) is 0 Å². The molecule has 0 saturated heterocycles. The number of methoxy groups -OCH3 is 1. The molecule has 0 unspecified atom stereocenters. The molecule has 0 fully saturated rings. The standard InChI is InChI=1S/C20H22O5S/c1-14-4-7-17(8-5-14)26(21,22)25-11-10-18-15(2)13-24-20-9-6-16(23-3)12-19(18)20/h4-9,12H,10-11,13H2,1-3H3. The van der Waals surface area contributed by atoms with E-state index >= 15 is 0 Å². The first-order valence-corrected chi connectivity index (χ1v) is 9.77. The molecule has 1 aliphatic rings. The van der Waals surface area contributed by atoms with Crippen LogP contribution in [0, 0.1) is 6.92 Å². The van der Waals surface area contributed by atoms with Crippen molar-refractivity contribution in [2.75, 3.05) is 20.3 Å². The molecular formula is C20H22O5S. The topological polar surface area (TPSA) is 61.8 Å². The van der Waals surface area contributed by atoms with Crippen molar-refractivity contribution in [3.05, 3.63) is 59.2 Å². The summed E-state index contributed by atoms with van der Waals surface area (Å²) in [6.45, 7) is 4.44. The Balaban J connectivity index is 1.74. The Morgan fingerprint density at radius 1 is 1.08 bits per heavy atom. The van der Waals surface area contributed by atoms with E-state index in [2.05, 4.69) is 0 Å². The molecule has 1 aliphatic heterocycles. The summed E-state index contributed by atoms with van der Waals surface area (Å²) in [4.78, 5) is 0.169. The molecule has 0 N–H and O–H groups in total. The molecule has 0 atom stereocenters. The number of aryl methyl sites for hydroxylation is 1. The van der Waals surface area contributed by atoms with Crippen LogP contribution in [-0.4, -0.2) is 28.7 Å². The zero-order valence-electron chi connectivity index (χ0n) is 15.1. The molecule has 0 saturated carbocycles. The van der Waals surface area contributed by atoms with Gasteiger partial charge in [0.15, 0.2) is 0 Å². The normalized spacial score (nSPS) is 14.0. The van der Waals surface area contributed by atoms with Gasteiger partial charge in [-0.3, -0.25) is 4.18 Å². The SMILES string of the molecule is COc1ccc2c(c1)C(CCOS(=O)(=O)c1ccc(C)cc1)=C(C)CO2. The fourth-order valence-corrected chi connectivity index (χ4v) is 3.78. The highest BCUT2D eigenvalue weighted by molar-refractivity contribution is 7.86. The molecule has 1 heterocycles. The van der Waals surface area contributed by atoms with Crippen LogP contribution in [0.3, 0.4) is 0 Å². The molecule has 3 rings (SSSR count). The van der Waals surface area contributed by atoms with Gasteiger partial charge in [0.25, 0.3) is 10.1 Å². The van der Waals surface area contributed by atoms with Gasteiger partial charge in [-0.1, -0.05) is 17.7 Å². The van der Waals surface area contributed by atoms with Gasteiger partial charge >= 0.3 is 0 Å². The number of ether oxygens (including phenoxy) is 2. The molecule has 6 heteroatoms. The molecule has 0 radical (unpaired) electrons. The number of rotatable bonds is 6. The summed E-state index contributed by atoms with van der Waals surface area (Å²) in [5, 5.41) is 0. The monoisotopic (exact) mass is 374 g/mol. The predicted octanol–water partition coefficient (Wildman–Crippen LogP) is 3.97. The molecule has 0 aliphatic carbocycles. The van der Waals surface area contributed by atoms with Crippen molar-refractivity contribution in [2.24, 2.45) is 0 Å². The highest BCUT2D eigenvalue weighted by atomic mass is 32.2. The minimum atomic E-state index is -3.76. The third kappa shape index (κ3) is 3.92. The van der Waals surface area contributed by atoms with Crippen molar-refractivity contribution in [2.45, 2.75) is 25.2 Å². The quantitative estimate of drug-likeness (QED) is 0.716. The van der Waals surface area contributed by atoms with E-state index in [0.29, 0.717) is 13.0 Å². The van der Waals surface area contributed by atoms with Gasteiger partial charge in [-0.05, 0) is 61.7 Å². The number of hydrogen-bond acceptors (Lipinski definition) is 5. The first kappa shape index (κ1) is 18.5. The van der Waals surface area contributed by atoms with Gasteiger partial charge in [-0.15, -0.1) is 0 Å².